The second-order valence-corrected chi connectivity index (χ2v) is 6.45. The molecule has 1 heterocycles. The number of para-hydroxylation sites is 1. The first-order valence-electron chi connectivity index (χ1n) is 7.64. The third kappa shape index (κ3) is 4.39. The van der Waals surface area contributed by atoms with Gasteiger partial charge in [-0.15, -0.1) is 11.3 Å². The quantitative estimate of drug-likeness (QED) is 0.587. The summed E-state index contributed by atoms with van der Waals surface area (Å²) in [5.74, 6) is -0.188. The van der Waals surface area contributed by atoms with Crippen molar-refractivity contribution < 1.29 is 14.3 Å². The molecule has 0 aliphatic carbocycles. The maximum absolute atomic E-state index is 11.8. The lowest BCUT2D eigenvalue weighted by Crippen LogP contribution is -2.15. The summed E-state index contributed by atoms with van der Waals surface area (Å²) in [7, 11) is 0. The van der Waals surface area contributed by atoms with E-state index in [2.05, 4.69) is 4.98 Å². The summed E-state index contributed by atoms with van der Waals surface area (Å²) in [5, 5.41) is 12.2. The normalized spacial score (nSPS) is 10.2. The highest BCUT2D eigenvalue weighted by Gasteiger charge is 2.11. The minimum atomic E-state index is -0.537. The Kier molecular flexibility index (Phi) is 5.84. The third-order valence-corrected chi connectivity index (χ3v) is 4.64. The fourth-order valence-electron chi connectivity index (χ4n) is 2.15. The lowest BCUT2D eigenvalue weighted by atomic mass is 10.2. The van der Waals surface area contributed by atoms with Crippen molar-refractivity contribution in [3.63, 3.8) is 0 Å². The summed E-state index contributed by atoms with van der Waals surface area (Å²) >= 11 is 7.59. The van der Waals surface area contributed by atoms with Crippen LogP contribution >= 0.6 is 22.9 Å². The van der Waals surface area contributed by atoms with Gasteiger partial charge < -0.3 is 9.47 Å². The summed E-state index contributed by atoms with van der Waals surface area (Å²) in [4.78, 5) is 16.3. The van der Waals surface area contributed by atoms with Gasteiger partial charge >= 0.3 is 5.97 Å². The van der Waals surface area contributed by atoms with E-state index in [-0.39, 0.29) is 13.2 Å². The van der Waals surface area contributed by atoms with Crippen LogP contribution in [0.5, 0.6) is 5.75 Å². The number of carbonyl (C=O) groups is 1. The Morgan fingerprint density at radius 3 is 2.77 bits per heavy atom. The van der Waals surface area contributed by atoms with Crippen LogP contribution in [0.25, 0.3) is 10.6 Å². The van der Waals surface area contributed by atoms with Crippen LogP contribution in [-0.2, 0) is 16.1 Å². The van der Waals surface area contributed by atoms with Crippen LogP contribution in [0.4, 0.5) is 0 Å². The first kappa shape index (κ1) is 17.9. The number of halogens is 1. The van der Waals surface area contributed by atoms with Crippen LogP contribution in [0.2, 0.25) is 5.02 Å². The molecule has 26 heavy (non-hydrogen) atoms. The molecule has 0 spiro atoms. The van der Waals surface area contributed by atoms with Crippen molar-refractivity contribution in [3.05, 3.63) is 70.2 Å². The van der Waals surface area contributed by atoms with Gasteiger partial charge in [-0.05, 0) is 18.2 Å². The SMILES string of the molecule is N#Cc1ccccc1OCC(=O)OCc1csc(-c2ccccc2Cl)n1. The highest BCUT2D eigenvalue weighted by atomic mass is 35.5. The van der Waals surface area contributed by atoms with Crippen molar-refractivity contribution in [2.75, 3.05) is 6.61 Å². The number of nitrogens with zero attached hydrogens (tertiary/aromatic N) is 2. The van der Waals surface area contributed by atoms with Crippen LogP contribution in [0, 0.1) is 11.3 Å². The molecule has 3 rings (SSSR count). The summed E-state index contributed by atoms with van der Waals surface area (Å²) in [5.41, 5.74) is 1.84. The van der Waals surface area contributed by atoms with E-state index in [1.165, 1.54) is 11.3 Å². The molecule has 2 aromatic carbocycles. The molecule has 0 atom stereocenters. The molecular formula is C19H13ClN2O3S. The maximum atomic E-state index is 11.8. The fraction of sp³-hybridized carbons (Fsp3) is 0.105. The van der Waals surface area contributed by atoms with Gasteiger partial charge in [0.25, 0.3) is 0 Å². The topological polar surface area (TPSA) is 72.2 Å². The third-order valence-electron chi connectivity index (χ3n) is 3.39. The summed E-state index contributed by atoms with van der Waals surface area (Å²) in [6.45, 7) is -0.233. The molecule has 5 nitrogen and oxygen atoms in total. The Morgan fingerprint density at radius 1 is 1.19 bits per heavy atom. The van der Waals surface area contributed by atoms with Crippen LogP contribution in [0.1, 0.15) is 11.3 Å². The largest absolute Gasteiger partial charge is 0.481 e. The zero-order chi connectivity index (χ0) is 18.4. The van der Waals surface area contributed by atoms with E-state index in [9.17, 15) is 4.79 Å². The molecule has 3 aromatic rings. The second-order valence-electron chi connectivity index (χ2n) is 5.18. The van der Waals surface area contributed by atoms with Crippen molar-refractivity contribution >= 4 is 28.9 Å². The zero-order valence-corrected chi connectivity index (χ0v) is 15.1. The molecule has 0 aliphatic heterocycles. The molecule has 0 amide bonds. The van der Waals surface area contributed by atoms with Crippen LogP contribution in [0.3, 0.4) is 0 Å². The highest BCUT2D eigenvalue weighted by molar-refractivity contribution is 7.13. The van der Waals surface area contributed by atoms with Crippen LogP contribution in [0.15, 0.2) is 53.9 Å². The van der Waals surface area contributed by atoms with E-state index in [0.717, 1.165) is 10.6 Å². The average molecular weight is 385 g/mol. The smallest absolute Gasteiger partial charge is 0.344 e. The Balaban J connectivity index is 1.54. The number of nitriles is 1. The molecule has 0 fully saturated rings. The van der Waals surface area contributed by atoms with Crippen molar-refractivity contribution in [3.8, 4) is 22.4 Å². The van der Waals surface area contributed by atoms with Crippen molar-refractivity contribution in [2.24, 2.45) is 0 Å². The van der Waals surface area contributed by atoms with Gasteiger partial charge in [-0.3, -0.25) is 0 Å². The van der Waals surface area contributed by atoms with E-state index in [1.807, 2.05) is 29.6 Å². The highest BCUT2D eigenvalue weighted by Crippen LogP contribution is 2.30. The molecule has 0 unspecified atom stereocenters. The lowest BCUT2D eigenvalue weighted by Gasteiger charge is -2.07. The van der Waals surface area contributed by atoms with Gasteiger partial charge in [0.15, 0.2) is 6.61 Å². The number of aromatic nitrogens is 1. The molecule has 7 heteroatoms. The number of thiazole rings is 1. The summed E-state index contributed by atoms with van der Waals surface area (Å²) in [6, 6.07) is 16.1. The molecule has 0 radical (unpaired) electrons. The molecule has 1 aromatic heterocycles. The van der Waals surface area contributed by atoms with Gasteiger partial charge in [0.2, 0.25) is 0 Å². The average Bonchev–Trinajstić information content (AvgIpc) is 3.14. The first-order chi connectivity index (χ1) is 12.7. The first-order valence-corrected chi connectivity index (χ1v) is 8.90. The van der Waals surface area contributed by atoms with E-state index >= 15 is 0 Å². The second kappa shape index (κ2) is 8.48. The van der Waals surface area contributed by atoms with Crippen LogP contribution in [-0.4, -0.2) is 17.6 Å². The number of carbonyl (C=O) groups excluding carboxylic acids is 1. The molecule has 0 aliphatic rings. The number of hydrogen-bond acceptors (Lipinski definition) is 6. The van der Waals surface area contributed by atoms with E-state index in [0.29, 0.717) is 22.0 Å². The van der Waals surface area contributed by atoms with Crippen molar-refractivity contribution in [1.82, 2.24) is 4.98 Å². The predicted molar refractivity (Wildman–Crippen MR) is 99.0 cm³/mol. The van der Waals surface area contributed by atoms with E-state index < -0.39 is 5.97 Å². The van der Waals surface area contributed by atoms with Crippen molar-refractivity contribution in [1.29, 1.82) is 5.26 Å². The van der Waals surface area contributed by atoms with Gasteiger partial charge in [-0.2, -0.15) is 5.26 Å². The molecule has 130 valence electrons. The predicted octanol–water partition coefficient (Wildman–Crippen LogP) is 4.46. The minimum Gasteiger partial charge on any atom is -0.481 e. The van der Waals surface area contributed by atoms with Gasteiger partial charge in [0, 0.05) is 10.9 Å². The van der Waals surface area contributed by atoms with Crippen LogP contribution < -0.4 is 4.74 Å². The number of rotatable bonds is 6. The monoisotopic (exact) mass is 384 g/mol. The Hall–Kier alpha value is -2.88. The molecule has 0 bridgehead atoms. The summed E-state index contributed by atoms with van der Waals surface area (Å²) < 4.78 is 10.5. The van der Waals surface area contributed by atoms with E-state index in [4.69, 9.17) is 26.3 Å². The number of benzene rings is 2. The summed E-state index contributed by atoms with van der Waals surface area (Å²) in [6.07, 6.45) is 0. The fourth-order valence-corrected chi connectivity index (χ4v) is 3.27. The van der Waals surface area contributed by atoms with Gasteiger partial charge in [-0.25, -0.2) is 9.78 Å². The zero-order valence-electron chi connectivity index (χ0n) is 13.5. The Morgan fingerprint density at radius 2 is 1.96 bits per heavy atom. The van der Waals surface area contributed by atoms with Gasteiger partial charge in [0.05, 0.1) is 16.3 Å². The van der Waals surface area contributed by atoms with E-state index in [1.54, 1.807) is 30.3 Å². The van der Waals surface area contributed by atoms with Crippen molar-refractivity contribution in [2.45, 2.75) is 6.61 Å². The molecular weight excluding hydrogens is 372 g/mol. The minimum absolute atomic E-state index is 0.0447. The molecule has 0 N–H and O–H groups in total. The standard InChI is InChI=1S/C19H13ClN2O3S/c20-16-7-3-2-6-15(16)19-22-14(12-26-19)10-25-18(23)11-24-17-8-4-1-5-13(17)9-21/h1-8,12H,10-11H2. The van der Waals surface area contributed by atoms with Gasteiger partial charge in [-0.1, -0.05) is 41.9 Å². The Labute approximate surface area is 159 Å². The Bertz CT molecular complexity index is 965. The molecule has 0 saturated heterocycles. The number of ether oxygens (including phenoxy) is 2. The van der Waals surface area contributed by atoms with Gasteiger partial charge in [0.1, 0.15) is 23.4 Å². The molecule has 0 saturated carbocycles. The lowest BCUT2D eigenvalue weighted by molar-refractivity contribution is -0.147. The maximum Gasteiger partial charge on any atom is 0.344 e. The number of hydrogen-bond donors (Lipinski definition) is 0. The number of esters is 1.